The van der Waals surface area contributed by atoms with E-state index in [1.54, 1.807) is 13.2 Å². The highest BCUT2D eigenvalue weighted by Gasteiger charge is 2.32. The molecule has 0 saturated carbocycles. The molecule has 3 aromatic rings. The van der Waals surface area contributed by atoms with Crippen molar-refractivity contribution >= 4 is 46.3 Å². The fourth-order valence-corrected chi connectivity index (χ4v) is 5.23. The van der Waals surface area contributed by atoms with Crippen LogP contribution >= 0.6 is 23.2 Å². The Labute approximate surface area is 198 Å². The van der Waals surface area contributed by atoms with Gasteiger partial charge < -0.3 is 14.8 Å². The molecule has 0 bridgehead atoms. The molecule has 2 aliphatic heterocycles. The zero-order chi connectivity index (χ0) is 22.6. The van der Waals surface area contributed by atoms with Crippen LogP contribution in [-0.4, -0.2) is 12.6 Å². The van der Waals surface area contributed by atoms with Crippen LogP contribution in [0.1, 0.15) is 37.5 Å². The number of ether oxygens (including phenoxy) is 2. The zero-order valence-corrected chi connectivity index (χ0v) is 19.9. The van der Waals surface area contributed by atoms with Gasteiger partial charge in [-0.1, -0.05) is 41.4 Å². The van der Waals surface area contributed by atoms with E-state index < -0.39 is 0 Å². The molecular formula is C27H23Cl2NO2. The number of hydrogen-bond acceptors (Lipinski definition) is 3. The van der Waals surface area contributed by atoms with Crippen LogP contribution in [0.5, 0.6) is 11.5 Å². The molecule has 2 aliphatic rings. The first-order valence-electron chi connectivity index (χ1n) is 10.4. The molecule has 162 valence electrons. The van der Waals surface area contributed by atoms with E-state index in [-0.39, 0.29) is 5.54 Å². The second-order valence-electron chi connectivity index (χ2n) is 8.73. The Morgan fingerprint density at radius 3 is 2.44 bits per heavy atom. The van der Waals surface area contributed by atoms with Gasteiger partial charge in [0.2, 0.25) is 0 Å². The van der Waals surface area contributed by atoms with Gasteiger partial charge in [0.05, 0.1) is 18.2 Å². The molecule has 0 fully saturated rings. The van der Waals surface area contributed by atoms with Crippen molar-refractivity contribution in [3.63, 3.8) is 0 Å². The minimum atomic E-state index is -0.138. The Kier molecular flexibility index (Phi) is 4.99. The van der Waals surface area contributed by atoms with Gasteiger partial charge in [0.15, 0.2) is 0 Å². The quantitative estimate of drug-likeness (QED) is 0.415. The Balaban J connectivity index is 1.82. The summed E-state index contributed by atoms with van der Waals surface area (Å²) in [5.74, 6) is 2.27. The van der Waals surface area contributed by atoms with Crippen LogP contribution in [0.25, 0.3) is 28.5 Å². The van der Waals surface area contributed by atoms with E-state index in [1.165, 1.54) is 5.57 Å². The number of nitrogens with one attached hydrogen (secondary N) is 1. The lowest BCUT2D eigenvalue weighted by Crippen LogP contribution is -2.32. The molecule has 0 saturated heterocycles. The van der Waals surface area contributed by atoms with Crippen LogP contribution in [0.3, 0.4) is 0 Å². The lowest BCUT2D eigenvalue weighted by atomic mass is 9.83. The summed E-state index contributed by atoms with van der Waals surface area (Å²) < 4.78 is 12.2. The smallest absolute Gasteiger partial charge is 0.139 e. The molecule has 32 heavy (non-hydrogen) atoms. The van der Waals surface area contributed by atoms with Crippen LogP contribution in [-0.2, 0) is 0 Å². The molecule has 1 N–H and O–H groups in total. The first-order chi connectivity index (χ1) is 15.3. The highest BCUT2D eigenvalue weighted by Crippen LogP contribution is 2.52. The third-order valence-electron chi connectivity index (χ3n) is 5.76. The van der Waals surface area contributed by atoms with E-state index in [9.17, 15) is 0 Å². The monoisotopic (exact) mass is 463 g/mol. The van der Waals surface area contributed by atoms with Crippen molar-refractivity contribution in [2.45, 2.75) is 26.3 Å². The standard InChI is InChI=1S/C27H23Cl2NO2/c1-15-14-27(2,3)30-20-9-8-19-25-21(31-4)6-5-7-22(25)32-23(26(19)24(15)20)12-16-10-17(28)13-18(29)11-16/h5-14,30H,1-4H3. The van der Waals surface area contributed by atoms with Crippen LogP contribution in [0.15, 0.2) is 54.6 Å². The fourth-order valence-electron chi connectivity index (χ4n) is 4.69. The average molecular weight is 464 g/mol. The number of benzene rings is 3. The van der Waals surface area contributed by atoms with Gasteiger partial charge in [-0.25, -0.2) is 0 Å². The Morgan fingerprint density at radius 1 is 0.969 bits per heavy atom. The van der Waals surface area contributed by atoms with Crippen molar-refractivity contribution in [2.24, 2.45) is 0 Å². The van der Waals surface area contributed by atoms with E-state index in [4.69, 9.17) is 32.7 Å². The van der Waals surface area contributed by atoms with Crippen LogP contribution < -0.4 is 14.8 Å². The molecule has 3 nitrogen and oxygen atoms in total. The SMILES string of the molecule is COc1cccc2c1-c1ccc3c(c1C(=Cc1cc(Cl)cc(Cl)c1)O2)C(C)=CC(C)(C)N3. The minimum absolute atomic E-state index is 0.138. The summed E-state index contributed by atoms with van der Waals surface area (Å²) in [7, 11) is 1.68. The maximum Gasteiger partial charge on any atom is 0.139 e. The third kappa shape index (κ3) is 3.56. The second kappa shape index (κ2) is 7.61. The lowest BCUT2D eigenvalue weighted by molar-refractivity contribution is 0.412. The summed E-state index contributed by atoms with van der Waals surface area (Å²) in [5, 5.41) is 4.80. The van der Waals surface area contributed by atoms with E-state index in [1.807, 2.05) is 36.4 Å². The van der Waals surface area contributed by atoms with Gasteiger partial charge >= 0.3 is 0 Å². The number of methoxy groups -OCH3 is 1. The number of halogens is 2. The molecule has 5 heteroatoms. The van der Waals surface area contributed by atoms with Crippen molar-refractivity contribution in [3.05, 3.63) is 81.3 Å². The van der Waals surface area contributed by atoms with E-state index in [2.05, 4.69) is 44.3 Å². The van der Waals surface area contributed by atoms with E-state index in [0.29, 0.717) is 10.0 Å². The lowest BCUT2D eigenvalue weighted by Gasteiger charge is -2.35. The number of fused-ring (bicyclic) bond motifs is 5. The largest absolute Gasteiger partial charge is 0.496 e. The summed E-state index contributed by atoms with van der Waals surface area (Å²) in [6.07, 6.45) is 4.24. The predicted octanol–water partition coefficient (Wildman–Crippen LogP) is 8.17. The molecule has 0 unspecified atom stereocenters. The van der Waals surface area contributed by atoms with E-state index in [0.717, 1.165) is 50.8 Å². The van der Waals surface area contributed by atoms with Gasteiger partial charge in [0.25, 0.3) is 0 Å². The van der Waals surface area contributed by atoms with Gasteiger partial charge in [0, 0.05) is 32.4 Å². The molecule has 0 radical (unpaired) electrons. The number of hydrogen-bond donors (Lipinski definition) is 1. The Hall–Kier alpha value is -2.88. The average Bonchev–Trinajstić information content (AvgIpc) is 2.71. The van der Waals surface area contributed by atoms with Crippen molar-refractivity contribution < 1.29 is 9.47 Å². The Morgan fingerprint density at radius 2 is 1.72 bits per heavy atom. The van der Waals surface area contributed by atoms with Crippen molar-refractivity contribution in [2.75, 3.05) is 12.4 Å². The molecule has 0 aliphatic carbocycles. The van der Waals surface area contributed by atoms with Gasteiger partial charge in [0.1, 0.15) is 17.3 Å². The highest BCUT2D eigenvalue weighted by atomic mass is 35.5. The van der Waals surface area contributed by atoms with E-state index >= 15 is 0 Å². The van der Waals surface area contributed by atoms with Crippen LogP contribution in [0, 0.1) is 0 Å². The fraction of sp³-hybridized carbons (Fsp3) is 0.185. The number of allylic oxidation sites excluding steroid dienone is 1. The second-order valence-corrected chi connectivity index (χ2v) is 9.60. The Bertz CT molecular complexity index is 1300. The first-order valence-corrected chi connectivity index (χ1v) is 11.2. The molecule has 3 aromatic carbocycles. The molecule has 0 amide bonds. The van der Waals surface area contributed by atoms with Crippen molar-refractivity contribution in [3.8, 4) is 22.6 Å². The molecule has 0 atom stereocenters. The van der Waals surface area contributed by atoms with Crippen LogP contribution in [0.4, 0.5) is 5.69 Å². The summed E-state index contributed by atoms with van der Waals surface area (Å²) in [4.78, 5) is 0. The number of rotatable bonds is 2. The van der Waals surface area contributed by atoms with Gasteiger partial charge in [-0.15, -0.1) is 0 Å². The minimum Gasteiger partial charge on any atom is -0.496 e. The normalized spacial score (nSPS) is 16.8. The van der Waals surface area contributed by atoms with Crippen molar-refractivity contribution in [1.82, 2.24) is 0 Å². The maximum absolute atomic E-state index is 6.49. The highest BCUT2D eigenvalue weighted by molar-refractivity contribution is 6.34. The van der Waals surface area contributed by atoms with Crippen molar-refractivity contribution in [1.29, 1.82) is 0 Å². The van der Waals surface area contributed by atoms with Gasteiger partial charge in [-0.05, 0) is 74.4 Å². The number of anilines is 1. The first kappa shape index (κ1) is 21.0. The van der Waals surface area contributed by atoms with Gasteiger partial charge in [-0.2, -0.15) is 0 Å². The summed E-state index contributed by atoms with van der Waals surface area (Å²) in [6, 6.07) is 15.6. The molecule has 0 spiro atoms. The summed E-state index contributed by atoms with van der Waals surface area (Å²) in [6.45, 7) is 6.48. The molecule has 2 heterocycles. The third-order valence-corrected chi connectivity index (χ3v) is 6.20. The molecule has 0 aromatic heterocycles. The zero-order valence-electron chi connectivity index (χ0n) is 18.3. The summed E-state index contributed by atoms with van der Waals surface area (Å²) in [5.41, 5.74) is 7.16. The topological polar surface area (TPSA) is 30.5 Å². The van der Waals surface area contributed by atoms with Gasteiger partial charge in [-0.3, -0.25) is 0 Å². The summed E-state index contributed by atoms with van der Waals surface area (Å²) >= 11 is 12.5. The molecular weight excluding hydrogens is 441 g/mol. The predicted molar refractivity (Wildman–Crippen MR) is 135 cm³/mol. The maximum atomic E-state index is 6.49. The molecule has 5 rings (SSSR count). The van der Waals surface area contributed by atoms with Crippen LogP contribution in [0.2, 0.25) is 10.0 Å².